The Labute approximate surface area is 188 Å². The Balaban J connectivity index is 1.43. The maximum absolute atomic E-state index is 2.19. The van der Waals surface area contributed by atoms with E-state index < -0.39 is 0 Å². The molecular formula is C28H24S2. The van der Waals surface area contributed by atoms with Gasteiger partial charge in [-0.1, -0.05) is 84.9 Å². The molecule has 30 heavy (non-hydrogen) atoms. The van der Waals surface area contributed by atoms with E-state index in [2.05, 4.69) is 122 Å². The van der Waals surface area contributed by atoms with E-state index >= 15 is 0 Å². The first-order valence-electron chi connectivity index (χ1n) is 9.92. The Bertz CT molecular complexity index is 1010. The van der Waals surface area contributed by atoms with E-state index in [1.807, 2.05) is 0 Å². The smallest absolute Gasteiger partial charge is 0.00695 e. The van der Waals surface area contributed by atoms with Crippen molar-refractivity contribution >= 4 is 35.7 Å². The van der Waals surface area contributed by atoms with Gasteiger partial charge in [-0.15, -0.1) is 23.5 Å². The van der Waals surface area contributed by atoms with E-state index in [4.69, 9.17) is 0 Å². The molecule has 0 saturated heterocycles. The van der Waals surface area contributed by atoms with Gasteiger partial charge in [-0.25, -0.2) is 0 Å². The van der Waals surface area contributed by atoms with Crippen molar-refractivity contribution in [1.29, 1.82) is 0 Å². The normalized spacial score (nSPS) is 11.1. The van der Waals surface area contributed by atoms with Gasteiger partial charge in [0.2, 0.25) is 0 Å². The van der Waals surface area contributed by atoms with E-state index in [1.165, 1.54) is 43.2 Å². The lowest BCUT2D eigenvalue weighted by Crippen LogP contribution is -1.80. The number of hydrogen-bond donors (Lipinski definition) is 0. The highest BCUT2D eigenvalue weighted by Gasteiger charge is 1.99. The summed E-state index contributed by atoms with van der Waals surface area (Å²) < 4.78 is 0. The van der Waals surface area contributed by atoms with Crippen LogP contribution in [0.3, 0.4) is 0 Å². The van der Waals surface area contributed by atoms with Gasteiger partial charge in [0.1, 0.15) is 0 Å². The molecule has 0 bridgehead atoms. The molecule has 4 aromatic rings. The van der Waals surface area contributed by atoms with Crippen molar-refractivity contribution in [2.75, 3.05) is 12.5 Å². The molecule has 0 aliphatic heterocycles. The standard InChI is InChI=1S/C28H24S2/c1-29-27-17-13-25(14-18-27)23-9-5-21(6-10-23)3-4-22-7-11-24(12-8-22)26-15-19-28(30-2)20-16-26/h3-20H,1-2H3/b4-3+. The van der Waals surface area contributed by atoms with Crippen molar-refractivity contribution in [2.24, 2.45) is 0 Å². The summed E-state index contributed by atoms with van der Waals surface area (Å²) in [4.78, 5) is 2.59. The highest BCUT2D eigenvalue weighted by atomic mass is 32.2. The van der Waals surface area contributed by atoms with Gasteiger partial charge in [0.15, 0.2) is 0 Å². The fraction of sp³-hybridized carbons (Fsp3) is 0.0714. The molecule has 0 nitrogen and oxygen atoms in total. The van der Waals surface area contributed by atoms with Gasteiger partial charge in [0.05, 0.1) is 0 Å². The molecule has 4 aromatic carbocycles. The largest absolute Gasteiger partial charge is 0.130 e. The first-order chi connectivity index (χ1) is 14.7. The summed E-state index contributed by atoms with van der Waals surface area (Å²) in [6.07, 6.45) is 8.55. The number of benzene rings is 4. The Morgan fingerprint density at radius 2 is 0.667 bits per heavy atom. The Morgan fingerprint density at radius 3 is 0.933 bits per heavy atom. The highest BCUT2D eigenvalue weighted by Crippen LogP contribution is 2.25. The fourth-order valence-electron chi connectivity index (χ4n) is 3.33. The molecule has 0 N–H and O–H groups in total. The molecule has 0 saturated carbocycles. The minimum atomic E-state index is 1.20. The van der Waals surface area contributed by atoms with Gasteiger partial charge in [0.25, 0.3) is 0 Å². The van der Waals surface area contributed by atoms with Crippen molar-refractivity contribution in [1.82, 2.24) is 0 Å². The van der Waals surface area contributed by atoms with Crippen LogP contribution in [-0.2, 0) is 0 Å². The topological polar surface area (TPSA) is 0 Å². The first kappa shape index (κ1) is 20.6. The lowest BCUT2D eigenvalue weighted by molar-refractivity contribution is 1.46. The Hall–Kier alpha value is -2.68. The Kier molecular flexibility index (Phi) is 6.78. The van der Waals surface area contributed by atoms with Crippen molar-refractivity contribution in [2.45, 2.75) is 9.79 Å². The van der Waals surface area contributed by atoms with Crippen LogP contribution in [0.15, 0.2) is 107 Å². The average Bonchev–Trinajstić information content (AvgIpc) is 2.83. The second-order valence-corrected chi connectivity index (χ2v) is 8.79. The summed E-state index contributed by atoms with van der Waals surface area (Å²) in [6, 6.07) is 34.9. The molecule has 0 radical (unpaired) electrons. The Morgan fingerprint density at radius 1 is 0.400 bits per heavy atom. The monoisotopic (exact) mass is 424 g/mol. The van der Waals surface area contributed by atoms with E-state index in [0.717, 1.165) is 0 Å². The van der Waals surface area contributed by atoms with Gasteiger partial charge in [-0.05, 0) is 70.2 Å². The molecule has 2 heteroatoms. The van der Waals surface area contributed by atoms with E-state index in [9.17, 15) is 0 Å². The molecule has 0 fully saturated rings. The summed E-state index contributed by atoms with van der Waals surface area (Å²) in [5, 5.41) is 0. The van der Waals surface area contributed by atoms with Crippen LogP contribution in [0.4, 0.5) is 0 Å². The fourth-order valence-corrected chi connectivity index (χ4v) is 4.15. The van der Waals surface area contributed by atoms with Crippen LogP contribution in [0, 0.1) is 0 Å². The SMILES string of the molecule is CSc1ccc(-c2ccc(/C=C/c3ccc(-c4ccc(SC)cc4)cc3)cc2)cc1. The van der Waals surface area contributed by atoms with E-state index in [-0.39, 0.29) is 0 Å². The van der Waals surface area contributed by atoms with Gasteiger partial charge in [-0.3, -0.25) is 0 Å². The second kappa shape index (κ2) is 9.88. The summed E-state index contributed by atoms with van der Waals surface area (Å²) in [5.74, 6) is 0. The van der Waals surface area contributed by atoms with Gasteiger partial charge < -0.3 is 0 Å². The van der Waals surface area contributed by atoms with E-state index in [1.54, 1.807) is 23.5 Å². The third-order valence-electron chi connectivity index (χ3n) is 5.14. The third kappa shape index (κ3) is 5.08. The predicted octanol–water partition coefficient (Wildman–Crippen LogP) is 8.63. The lowest BCUT2D eigenvalue weighted by atomic mass is 10.0. The van der Waals surface area contributed by atoms with Crippen LogP contribution in [0.25, 0.3) is 34.4 Å². The number of hydrogen-bond acceptors (Lipinski definition) is 2. The zero-order chi connectivity index (χ0) is 20.8. The number of thioether (sulfide) groups is 2. The van der Waals surface area contributed by atoms with Gasteiger partial charge in [-0.2, -0.15) is 0 Å². The first-order valence-corrected chi connectivity index (χ1v) is 12.4. The van der Waals surface area contributed by atoms with Crippen LogP contribution in [0.5, 0.6) is 0 Å². The molecule has 0 aliphatic rings. The van der Waals surface area contributed by atoms with Crippen LogP contribution in [0.2, 0.25) is 0 Å². The maximum atomic E-state index is 2.19. The van der Waals surface area contributed by atoms with Gasteiger partial charge in [0, 0.05) is 9.79 Å². The minimum absolute atomic E-state index is 1.20. The molecule has 0 amide bonds. The molecule has 0 atom stereocenters. The van der Waals surface area contributed by atoms with Crippen molar-refractivity contribution in [3.8, 4) is 22.3 Å². The van der Waals surface area contributed by atoms with Crippen LogP contribution in [0.1, 0.15) is 11.1 Å². The zero-order valence-electron chi connectivity index (χ0n) is 17.2. The van der Waals surface area contributed by atoms with Crippen LogP contribution >= 0.6 is 23.5 Å². The predicted molar refractivity (Wildman–Crippen MR) is 136 cm³/mol. The van der Waals surface area contributed by atoms with Crippen molar-refractivity contribution < 1.29 is 0 Å². The molecule has 0 aromatic heterocycles. The van der Waals surface area contributed by atoms with Crippen LogP contribution < -0.4 is 0 Å². The second-order valence-electron chi connectivity index (χ2n) is 7.03. The van der Waals surface area contributed by atoms with E-state index in [0.29, 0.717) is 0 Å². The average molecular weight is 425 g/mol. The molecule has 0 unspecified atom stereocenters. The molecule has 4 rings (SSSR count). The summed E-state index contributed by atoms with van der Waals surface area (Å²) >= 11 is 3.54. The maximum Gasteiger partial charge on any atom is 0.00695 e. The lowest BCUT2D eigenvalue weighted by Gasteiger charge is -2.04. The van der Waals surface area contributed by atoms with Crippen LogP contribution in [-0.4, -0.2) is 12.5 Å². The molecule has 0 spiro atoms. The third-order valence-corrected chi connectivity index (χ3v) is 6.62. The highest BCUT2D eigenvalue weighted by molar-refractivity contribution is 7.98. The molecule has 148 valence electrons. The van der Waals surface area contributed by atoms with Crippen molar-refractivity contribution in [3.63, 3.8) is 0 Å². The minimum Gasteiger partial charge on any atom is -0.130 e. The quantitative estimate of drug-likeness (QED) is 0.224. The van der Waals surface area contributed by atoms with Gasteiger partial charge >= 0.3 is 0 Å². The summed E-state index contributed by atoms with van der Waals surface area (Å²) in [5.41, 5.74) is 7.41. The zero-order valence-corrected chi connectivity index (χ0v) is 18.8. The summed E-state index contributed by atoms with van der Waals surface area (Å²) in [6.45, 7) is 0. The number of rotatable bonds is 6. The van der Waals surface area contributed by atoms with Crippen molar-refractivity contribution in [3.05, 3.63) is 108 Å². The molecular weight excluding hydrogens is 400 g/mol. The summed E-state index contributed by atoms with van der Waals surface area (Å²) in [7, 11) is 0. The molecule has 0 heterocycles. The molecule has 0 aliphatic carbocycles.